The summed E-state index contributed by atoms with van der Waals surface area (Å²) in [5.41, 5.74) is 0. The van der Waals surface area contributed by atoms with Crippen molar-refractivity contribution in [3.63, 3.8) is 0 Å². The summed E-state index contributed by atoms with van der Waals surface area (Å²) in [5, 5.41) is 0. The quantitative estimate of drug-likeness (QED) is 0.683. The second-order valence-electron chi connectivity index (χ2n) is 4.92. The molecule has 0 saturated carbocycles. The predicted octanol–water partition coefficient (Wildman–Crippen LogP) is 0.365. The number of methoxy groups -OCH3 is 1. The van der Waals surface area contributed by atoms with Gasteiger partial charge >= 0.3 is 5.97 Å². The van der Waals surface area contributed by atoms with Crippen LogP contribution in [-0.4, -0.2) is 56.9 Å². The Morgan fingerprint density at radius 3 is 2.58 bits per heavy atom. The predicted molar refractivity (Wildman–Crippen MR) is 70.3 cm³/mol. The minimum Gasteiger partial charge on any atom is -0.469 e. The average molecular weight is 291 g/mol. The second-order valence-corrected chi connectivity index (χ2v) is 7.06. The molecular weight excluding hydrogens is 270 g/mol. The van der Waals surface area contributed by atoms with Crippen molar-refractivity contribution >= 4 is 21.7 Å². The van der Waals surface area contributed by atoms with Crippen LogP contribution in [0.3, 0.4) is 0 Å². The van der Waals surface area contributed by atoms with Crippen molar-refractivity contribution in [2.24, 2.45) is 0 Å². The standard InChI is InChI=1S/C12H21NO5S/c1-18-12(15)7-6-10-5-3-4-8-13(10)11(14)9-19(2,16)17/h10H,3-9H2,1-2H3/t10-/m1/s1. The van der Waals surface area contributed by atoms with Gasteiger partial charge in [0.05, 0.1) is 7.11 Å². The van der Waals surface area contributed by atoms with Gasteiger partial charge in [-0.3, -0.25) is 9.59 Å². The van der Waals surface area contributed by atoms with Crippen LogP contribution in [0, 0.1) is 0 Å². The lowest BCUT2D eigenvalue weighted by molar-refractivity contribution is -0.142. The lowest BCUT2D eigenvalue weighted by atomic mass is 9.98. The van der Waals surface area contributed by atoms with Crippen LogP contribution in [0.1, 0.15) is 32.1 Å². The fraction of sp³-hybridized carbons (Fsp3) is 0.833. The summed E-state index contributed by atoms with van der Waals surface area (Å²) in [4.78, 5) is 24.7. The second kappa shape index (κ2) is 6.88. The molecule has 0 N–H and O–H groups in total. The van der Waals surface area contributed by atoms with Crippen LogP contribution in [-0.2, 0) is 24.2 Å². The zero-order chi connectivity index (χ0) is 14.5. The highest BCUT2D eigenvalue weighted by Gasteiger charge is 2.28. The Balaban J connectivity index is 2.61. The number of esters is 1. The maximum Gasteiger partial charge on any atom is 0.305 e. The van der Waals surface area contributed by atoms with E-state index >= 15 is 0 Å². The van der Waals surface area contributed by atoms with E-state index in [-0.39, 0.29) is 24.3 Å². The summed E-state index contributed by atoms with van der Waals surface area (Å²) in [5.74, 6) is -1.13. The minimum atomic E-state index is -3.31. The van der Waals surface area contributed by atoms with Gasteiger partial charge in [0.25, 0.3) is 0 Å². The van der Waals surface area contributed by atoms with E-state index in [9.17, 15) is 18.0 Å². The molecule has 0 aliphatic carbocycles. The topological polar surface area (TPSA) is 80.8 Å². The summed E-state index contributed by atoms with van der Waals surface area (Å²) in [6, 6.07) is -0.0536. The molecule has 1 aliphatic rings. The Kier molecular flexibility index (Phi) is 5.78. The highest BCUT2D eigenvalue weighted by molar-refractivity contribution is 7.91. The monoisotopic (exact) mass is 291 g/mol. The molecule has 0 aromatic rings. The normalized spacial score (nSPS) is 20.1. The van der Waals surface area contributed by atoms with Gasteiger partial charge < -0.3 is 9.64 Å². The van der Waals surface area contributed by atoms with Crippen molar-refractivity contribution in [3.8, 4) is 0 Å². The molecule has 6 nitrogen and oxygen atoms in total. The molecule has 0 unspecified atom stereocenters. The maximum atomic E-state index is 12.0. The third-order valence-electron chi connectivity index (χ3n) is 3.24. The first-order chi connectivity index (χ1) is 8.83. The third kappa shape index (κ3) is 5.59. The third-order valence-corrected chi connectivity index (χ3v) is 4.01. The van der Waals surface area contributed by atoms with Gasteiger partial charge in [0.15, 0.2) is 9.84 Å². The zero-order valence-corrected chi connectivity index (χ0v) is 12.2. The smallest absolute Gasteiger partial charge is 0.305 e. The van der Waals surface area contributed by atoms with Crippen LogP contribution in [0.2, 0.25) is 0 Å². The first-order valence-electron chi connectivity index (χ1n) is 6.37. The van der Waals surface area contributed by atoms with E-state index < -0.39 is 15.6 Å². The number of likely N-dealkylation sites (tertiary alicyclic amines) is 1. The number of ether oxygens (including phenoxy) is 1. The van der Waals surface area contributed by atoms with Crippen LogP contribution < -0.4 is 0 Å². The molecule has 110 valence electrons. The molecule has 1 fully saturated rings. The molecule has 1 saturated heterocycles. The van der Waals surface area contributed by atoms with Gasteiger partial charge in [-0.25, -0.2) is 8.42 Å². The summed E-state index contributed by atoms with van der Waals surface area (Å²) in [6.07, 6.45) is 4.52. The van der Waals surface area contributed by atoms with Crippen molar-refractivity contribution in [1.29, 1.82) is 0 Å². The highest BCUT2D eigenvalue weighted by Crippen LogP contribution is 2.21. The molecule has 0 spiro atoms. The van der Waals surface area contributed by atoms with Crippen LogP contribution >= 0.6 is 0 Å². The molecule has 19 heavy (non-hydrogen) atoms. The Labute approximate surface area is 114 Å². The van der Waals surface area contributed by atoms with Crippen molar-refractivity contribution in [2.75, 3.05) is 25.7 Å². The van der Waals surface area contributed by atoms with Crippen molar-refractivity contribution in [3.05, 3.63) is 0 Å². The van der Waals surface area contributed by atoms with Crippen molar-refractivity contribution in [1.82, 2.24) is 4.90 Å². The molecule has 0 aromatic heterocycles. The Bertz CT molecular complexity index is 431. The van der Waals surface area contributed by atoms with Gasteiger partial charge in [0, 0.05) is 25.3 Å². The molecule has 1 aliphatic heterocycles. The SMILES string of the molecule is COC(=O)CC[C@H]1CCCCN1C(=O)CS(C)(=O)=O. The van der Waals surface area contributed by atoms with Crippen LogP contribution in [0.4, 0.5) is 0 Å². The number of hydrogen-bond donors (Lipinski definition) is 0. The lowest BCUT2D eigenvalue weighted by Crippen LogP contribution is -2.46. The number of carbonyl (C=O) groups is 2. The van der Waals surface area contributed by atoms with Crippen molar-refractivity contribution in [2.45, 2.75) is 38.1 Å². The average Bonchev–Trinajstić information content (AvgIpc) is 2.34. The fourth-order valence-electron chi connectivity index (χ4n) is 2.32. The van der Waals surface area contributed by atoms with E-state index in [0.29, 0.717) is 13.0 Å². The summed E-state index contributed by atoms with van der Waals surface area (Å²) in [7, 11) is -1.99. The van der Waals surface area contributed by atoms with Gasteiger partial charge in [-0.05, 0) is 25.7 Å². The number of nitrogens with zero attached hydrogens (tertiary/aromatic N) is 1. The zero-order valence-electron chi connectivity index (χ0n) is 11.4. The number of amides is 1. The van der Waals surface area contributed by atoms with E-state index in [1.54, 1.807) is 4.90 Å². The molecule has 7 heteroatoms. The maximum absolute atomic E-state index is 12.0. The Hall–Kier alpha value is -1.11. The molecule has 1 heterocycles. The van der Waals surface area contributed by atoms with Gasteiger partial charge in [-0.1, -0.05) is 0 Å². The van der Waals surface area contributed by atoms with E-state index in [0.717, 1.165) is 25.5 Å². The molecule has 1 rings (SSSR count). The van der Waals surface area contributed by atoms with Gasteiger partial charge in [-0.15, -0.1) is 0 Å². The molecule has 0 aromatic carbocycles. The van der Waals surface area contributed by atoms with Gasteiger partial charge in [0.2, 0.25) is 5.91 Å². The first-order valence-corrected chi connectivity index (χ1v) is 8.43. The fourth-order valence-corrected chi connectivity index (χ4v) is 2.94. The van der Waals surface area contributed by atoms with Crippen molar-refractivity contribution < 1.29 is 22.7 Å². The van der Waals surface area contributed by atoms with Crippen LogP contribution in [0.5, 0.6) is 0 Å². The van der Waals surface area contributed by atoms with E-state index in [4.69, 9.17) is 0 Å². The van der Waals surface area contributed by atoms with Gasteiger partial charge in [0.1, 0.15) is 5.75 Å². The van der Waals surface area contributed by atoms with Crippen LogP contribution in [0.25, 0.3) is 0 Å². The molecule has 0 radical (unpaired) electrons. The number of sulfone groups is 1. The summed E-state index contributed by atoms with van der Waals surface area (Å²) < 4.78 is 26.9. The molecule has 1 atom stereocenters. The molecule has 0 bridgehead atoms. The Morgan fingerprint density at radius 2 is 2.00 bits per heavy atom. The minimum absolute atomic E-state index is 0.0536. The number of hydrogen-bond acceptors (Lipinski definition) is 5. The molecular formula is C12H21NO5S. The number of piperidine rings is 1. The van der Waals surface area contributed by atoms with Crippen LogP contribution in [0.15, 0.2) is 0 Å². The first kappa shape index (κ1) is 15.9. The summed E-state index contributed by atoms with van der Waals surface area (Å²) >= 11 is 0. The van der Waals surface area contributed by atoms with Gasteiger partial charge in [-0.2, -0.15) is 0 Å². The lowest BCUT2D eigenvalue weighted by Gasteiger charge is -2.35. The van der Waals surface area contributed by atoms with E-state index in [1.807, 2.05) is 0 Å². The number of carbonyl (C=O) groups excluding carboxylic acids is 2. The Morgan fingerprint density at radius 1 is 1.32 bits per heavy atom. The number of rotatable bonds is 5. The summed E-state index contributed by atoms with van der Waals surface area (Å²) in [6.45, 7) is 0.570. The molecule has 1 amide bonds. The highest BCUT2D eigenvalue weighted by atomic mass is 32.2. The van der Waals surface area contributed by atoms with E-state index in [1.165, 1.54) is 7.11 Å². The van der Waals surface area contributed by atoms with E-state index in [2.05, 4.69) is 4.74 Å². The largest absolute Gasteiger partial charge is 0.469 e.